The first kappa shape index (κ1) is 14.1. The van der Waals surface area contributed by atoms with Crippen LogP contribution in [-0.4, -0.2) is 14.2 Å². The normalized spacial score (nSPS) is 11.5. The van der Waals surface area contributed by atoms with Crippen LogP contribution in [0.25, 0.3) is 0 Å². The Bertz CT molecular complexity index is 282. The van der Waals surface area contributed by atoms with Crippen molar-refractivity contribution in [2.75, 3.05) is 14.2 Å². The van der Waals surface area contributed by atoms with Crippen molar-refractivity contribution in [3.05, 3.63) is 23.8 Å². The summed E-state index contributed by atoms with van der Waals surface area (Å²) in [6.07, 6.45) is 0.858. The maximum Gasteiger partial charge on any atom is 0.127 e. The quantitative estimate of drug-likeness (QED) is 0.866. The topological polar surface area (TPSA) is 44.5 Å². The van der Waals surface area contributed by atoms with Gasteiger partial charge in [0, 0.05) is 6.04 Å². The van der Waals surface area contributed by atoms with Crippen LogP contribution in [0.1, 0.15) is 24.9 Å². The van der Waals surface area contributed by atoms with Crippen LogP contribution < -0.4 is 15.2 Å². The van der Waals surface area contributed by atoms with Crippen LogP contribution in [0, 0.1) is 0 Å². The molecule has 86 valence electrons. The molecule has 0 radical (unpaired) electrons. The fourth-order valence-electron chi connectivity index (χ4n) is 1.45. The van der Waals surface area contributed by atoms with Crippen molar-refractivity contribution in [2.24, 2.45) is 5.73 Å². The van der Waals surface area contributed by atoms with Gasteiger partial charge in [0.15, 0.2) is 0 Å². The summed E-state index contributed by atoms with van der Waals surface area (Å²) in [5.74, 6) is 1.58. The molecule has 0 saturated carbocycles. The van der Waals surface area contributed by atoms with Gasteiger partial charge in [0.1, 0.15) is 11.5 Å². The highest BCUT2D eigenvalue weighted by molar-refractivity contribution is 5.85. The molecule has 1 aromatic rings. The molecule has 0 saturated heterocycles. The molecule has 0 amide bonds. The Morgan fingerprint density at radius 3 is 2.00 bits per heavy atom. The van der Waals surface area contributed by atoms with Gasteiger partial charge in [-0.1, -0.05) is 13.0 Å². The molecule has 0 heterocycles. The summed E-state index contributed by atoms with van der Waals surface area (Å²) in [6.45, 7) is 2.04. The van der Waals surface area contributed by atoms with Gasteiger partial charge in [-0.2, -0.15) is 0 Å². The van der Waals surface area contributed by atoms with E-state index < -0.39 is 0 Å². The van der Waals surface area contributed by atoms with Gasteiger partial charge in [0.25, 0.3) is 0 Å². The predicted octanol–water partition coefficient (Wildman–Crippen LogP) is 2.54. The first-order valence-electron chi connectivity index (χ1n) is 4.71. The van der Waals surface area contributed by atoms with Gasteiger partial charge >= 0.3 is 0 Å². The third-order valence-corrected chi connectivity index (χ3v) is 2.28. The standard InChI is InChI=1S/C11H17NO2.ClH/c1-4-8(12)11-9(13-2)6-5-7-10(11)14-3;/h5-8H,4,12H2,1-3H3;1H/t8-;/m1./s1. The minimum atomic E-state index is -0.0406. The molecule has 3 nitrogen and oxygen atoms in total. The second kappa shape index (κ2) is 6.53. The lowest BCUT2D eigenvalue weighted by molar-refractivity contribution is 0.378. The lowest BCUT2D eigenvalue weighted by Crippen LogP contribution is -2.11. The first-order chi connectivity index (χ1) is 6.74. The molecule has 0 aliphatic heterocycles. The van der Waals surface area contributed by atoms with E-state index in [1.807, 2.05) is 25.1 Å². The monoisotopic (exact) mass is 231 g/mol. The number of nitrogens with two attached hydrogens (primary N) is 1. The number of rotatable bonds is 4. The summed E-state index contributed by atoms with van der Waals surface area (Å²) in [5, 5.41) is 0. The maximum absolute atomic E-state index is 5.99. The number of benzene rings is 1. The molecule has 0 unspecified atom stereocenters. The summed E-state index contributed by atoms with van der Waals surface area (Å²) >= 11 is 0. The van der Waals surface area contributed by atoms with Gasteiger partial charge < -0.3 is 15.2 Å². The zero-order valence-electron chi connectivity index (χ0n) is 9.32. The van der Waals surface area contributed by atoms with Crippen LogP contribution in [0.5, 0.6) is 11.5 Å². The van der Waals surface area contributed by atoms with Crippen LogP contribution >= 0.6 is 12.4 Å². The largest absolute Gasteiger partial charge is 0.496 e. The predicted molar refractivity (Wildman–Crippen MR) is 64.0 cm³/mol. The van der Waals surface area contributed by atoms with E-state index in [-0.39, 0.29) is 18.4 Å². The highest BCUT2D eigenvalue weighted by atomic mass is 35.5. The molecular weight excluding hydrogens is 214 g/mol. The van der Waals surface area contributed by atoms with Gasteiger partial charge in [-0.15, -0.1) is 12.4 Å². The summed E-state index contributed by atoms with van der Waals surface area (Å²) in [5.41, 5.74) is 6.93. The van der Waals surface area contributed by atoms with Crippen molar-refractivity contribution < 1.29 is 9.47 Å². The Labute approximate surface area is 97.0 Å². The zero-order valence-corrected chi connectivity index (χ0v) is 10.1. The van der Waals surface area contributed by atoms with Crippen LogP contribution in [0.2, 0.25) is 0 Å². The van der Waals surface area contributed by atoms with E-state index in [0.29, 0.717) is 0 Å². The summed E-state index contributed by atoms with van der Waals surface area (Å²) in [4.78, 5) is 0. The highest BCUT2D eigenvalue weighted by Gasteiger charge is 2.15. The molecule has 2 N–H and O–H groups in total. The molecule has 0 aromatic heterocycles. The van der Waals surface area contributed by atoms with Crippen molar-refractivity contribution in [3.63, 3.8) is 0 Å². The molecule has 0 fully saturated rings. The average Bonchev–Trinajstić information content (AvgIpc) is 2.26. The molecule has 0 aliphatic carbocycles. The van der Waals surface area contributed by atoms with Crippen molar-refractivity contribution in [1.82, 2.24) is 0 Å². The second-order valence-corrected chi connectivity index (χ2v) is 3.09. The molecular formula is C11H18ClNO2. The molecule has 4 heteroatoms. The van der Waals surface area contributed by atoms with Gasteiger partial charge in [0.05, 0.1) is 19.8 Å². The number of hydrogen-bond donors (Lipinski definition) is 1. The van der Waals surface area contributed by atoms with Crippen molar-refractivity contribution in [1.29, 1.82) is 0 Å². The maximum atomic E-state index is 5.99. The SMILES string of the molecule is CC[C@@H](N)c1c(OC)cccc1OC.Cl. The second-order valence-electron chi connectivity index (χ2n) is 3.09. The van der Waals surface area contributed by atoms with E-state index in [4.69, 9.17) is 15.2 Å². The zero-order chi connectivity index (χ0) is 10.6. The summed E-state index contributed by atoms with van der Waals surface area (Å²) in [7, 11) is 3.28. The Kier molecular flexibility index (Phi) is 6.13. The van der Waals surface area contributed by atoms with Gasteiger partial charge in [0.2, 0.25) is 0 Å². The van der Waals surface area contributed by atoms with Crippen molar-refractivity contribution in [2.45, 2.75) is 19.4 Å². The first-order valence-corrected chi connectivity index (χ1v) is 4.71. The molecule has 0 bridgehead atoms. The van der Waals surface area contributed by atoms with Gasteiger partial charge in [-0.25, -0.2) is 0 Å². The fraction of sp³-hybridized carbons (Fsp3) is 0.455. The number of methoxy groups -OCH3 is 2. The Balaban J connectivity index is 0.00000196. The number of ether oxygens (including phenoxy) is 2. The van der Waals surface area contributed by atoms with E-state index in [2.05, 4.69) is 0 Å². The molecule has 1 rings (SSSR count). The smallest absolute Gasteiger partial charge is 0.127 e. The number of halogens is 1. The fourth-order valence-corrected chi connectivity index (χ4v) is 1.45. The highest BCUT2D eigenvalue weighted by Crippen LogP contribution is 2.33. The van der Waals surface area contributed by atoms with Crippen LogP contribution in [0.3, 0.4) is 0 Å². The van der Waals surface area contributed by atoms with Crippen LogP contribution in [-0.2, 0) is 0 Å². The Morgan fingerprint density at radius 2 is 1.67 bits per heavy atom. The van der Waals surface area contributed by atoms with E-state index >= 15 is 0 Å². The molecule has 15 heavy (non-hydrogen) atoms. The third-order valence-electron chi connectivity index (χ3n) is 2.28. The van der Waals surface area contributed by atoms with E-state index in [1.165, 1.54) is 0 Å². The molecule has 1 aromatic carbocycles. The van der Waals surface area contributed by atoms with Gasteiger partial charge in [-0.3, -0.25) is 0 Å². The van der Waals surface area contributed by atoms with Gasteiger partial charge in [-0.05, 0) is 18.6 Å². The van der Waals surface area contributed by atoms with E-state index in [1.54, 1.807) is 14.2 Å². The summed E-state index contributed by atoms with van der Waals surface area (Å²) in [6, 6.07) is 5.64. The molecule has 1 atom stereocenters. The lowest BCUT2D eigenvalue weighted by Gasteiger charge is -2.17. The summed E-state index contributed by atoms with van der Waals surface area (Å²) < 4.78 is 10.5. The van der Waals surface area contributed by atoms with E-state index in [9.17, 15) is 0 Å². The van der Waals surface area contributed by atoms with Crippen LogP contribution in [0.4, 0.5) is 0 Å². The minimum Gasteiger partial charge on any atom is -0.496 e. The van der Waals surface area contributed by atoms with E-state index in [0.717, 1.165) is 23.5 Å². The van der Waals surface area contributed by atoms with Crippen molar-refractivity contribution >= 4 is 12.4 Å². The third kappa shape index (κ3) is 3.01. The molecule has 0 spiro atoms. The average molecular weight is 232 g/mol. The Hall–Kier alpha value is -0.930. The minimum absolute atomic E-state index is 0. The number of hydrogen-bond acceptors (Lipinski definition) is 3. The lowest BCUT2D eigenvalue weighted by atomic mass is 10.0. The van der Waals surface area contributed by atoms with Crippen molar-refractivity contribution in [3.8, 4) is 11.5 Å². The van der Waals surface area contributed by atoms with Crippen LogP contribution in [0.15, 0.2) is 18.2 Å². The molecule has 0 aliphatic rings. The Morgan fingerprint density at radius 1 is 1.20 bits per heavy atom.